The summed E-state index contributed by atoms with van der Waals surface area (Å²) in [5, 5.41) is 10.5. The summed E-state index contributed by atoms with van der Waals surface area (Å²) < 4.78 is 5.89. The van der Waals surface area contributed by atoms with Crippen LogP contribution in [0.2, 0.25) is 0 Å². The molecule has 120 valence electrons. The van der Waals surface area contributed by atoms with Crippen LogP contribution in [0.25, 0.3) is 6.08 Å². The number of hydrogen-bond acceptors (Lipinski definition) is 3. The van der Waals surface area contributed by atoms with Crippen LogP contribution < -0.4 is 9.84 Å². The lowest BCUT2D eigenvalue weighted by atomic mass is 9.98. The van der Waals surface area contributed by atoms with Crippen molar-refractivity contribution < 1.29 is 14.6 Å². The maximum atomic E-state index is 10.5. The summed E-state index contributed by atoms with van der Waals surface area (Å²) in [5.41, 5.74) is 6.32. The number of ether oxygens (including phenoxy) is 1. The zero-order valence-corrected chi connectivity index (χ0v) is 14.0. The van der Waals surface area contributed by atoms with E-state index in [1.165, 1.54) is 5.56 Å². The molecule has 1 heterocycles. The molecular formula is C20H21O3-. The van der Waals surface area contributed by atoms with E-state index in [4.69, 9.17) is 4.74 Å². The Hall–Kier alpha value is -2.55. The second-order valence-electron chi connectivity index (χ2n) is 5.87. The third-order valence-corrected chi connectivity index (χ3v) is 3.71. The van der Waals surface area contributed by atoms with E-state index in [1.807, 2.05) is 19.1 Å². The molecule has 0 saturated carbocycles. The van der Waals surface area contributed by atoms with Crippen LogP contribution in [-0.2, 0) is 4.79 Å². The maximum absolute atomic E-state index is 10.5. The number of carbonyl (C=O) groups is 1. The van der Waals surface area contributed by atoms with E-state index in [1.54, 1.807) is 13.0 Å². The van der Waals surface area contributed by atoms with Crippen LogP contribution in [0.3, 0.4) is 0 Å². The summed E-state index contributed by atoms with van der Waals surface area (Å²) in [6, 6.07) is 4.24. The molecule has 0 N–H and O–H groups in total. The predicted molar refractivity (Wildman–Crippen MR) is 91.0 cm³/mol. The Morgan fingerprint density at radius 1 is 1.26 bits per heavy atom. The van der Waals surface area contributed by atoms with Crippen LogP contribution >= 0.6 is 0 Å². The number of carbonyl (C=O) groups excluding carboxylic acids is 1. The Kier molecular flexibility index (Phi) is 5.22. The number of hydrogen-bond donors (Lipinski definition) is 0. The lowest BCUT2D eigenvalue weighted by Crippen LogP contribution is -2.19. The van der Waals surface area contributed by atoms with Gasteiger partial charge in [-0.1, -0.05) is 29.9 Å². The minimum atomic E-state index is -1.18. The van der Waals surface area contributed by atoms with Gasteiger partial charge in [0.1, 0.15) is 12.4 Å². The Balaban J connectivity index is 2.22. The Morgan fingerprint density at radius 2 is 2.00 bits per heavy atom. The van der Waals surface area contributed by atoms with Crippen molar-refractivity contribution in [1.82, 2.24) is 0 Å². The van der Waals surface area contributed by atoms with Gasteiger partial charge in [-0.2, -0.15) is 0 Å². The number of carboxylic acid groups (broad SMARTS) is 1. The van der Waals surface area contributed by atoms with Gasteiger partial charge in [0.15, 0.2) is 0 Å². The molecule has 0 spiro atoms. The smallest absolute Gasteiger partial charge is 0.129 e. The largest absolute Gasteiger partial charge is 0.545 e. The van der Waals surface area contributed by atoms with Crippen LogP contribution in [0.5, 0.6) is 5.75 Å². The molecule has 0 atom stereocenters. The van der Waals surface area contributed by atoms with Gasteiger partial charge in [-0.3, -0.25) is 0 Å². The maximum Gasteiger partial charge on any atom is 0.129 e. The first-order chi connectivity index (χ1) is 10.9. The first-order valence-electron chi connectivity index (χ1n) is 7.56. The van der Waals surface area contributed by atoms with Crippen molar-refractivity contribution in [2.75, 3.05) is 6.61 Å². The van der Waals surface area contributed by atoms with Gasteiger partial charge >= 0.3 is 0 Å². The average Bonchev–Trinajstić information content (AvgIpc) is 2.45. The fourth-order valence-electron chi connectivity index (χ4n) is 2.58. The fourth-order valence-corrected chi connectivity index (χ4v) is 2.58. The molecule has 0 amide bonds. The number of aryl methyl sites for hydroxylation is 2. The molecule has 0 bridgehead atoms. The highest BCUT2D eigenvalue weighted by Gasteiger charge is 2.14. The second kappa shape index (κ2) is 7.14. The Labute approximate surface area is 137 Å². The van der Waals surface area contributed by atoms with E-state index in [9.17, 15) is 9.90 Å². The Bertz CT molecular complexity index is 746. The van der Waals surface area contributed by atoms with E-state index >= 15 is 0 Å². The number of benzene rings is 1. The van der Waals surface area contributed by atoms with Crippen LogP contribution in [0.4, 0.5) is 0 Å². The number of allylic oxidation sites excluding steroid dienone is 4. The minimum Gasteiger partial charge on any atom is -0.545 e. The molecule has 0 aromatic heterocycles. The molecule has 1 aromatic carbocycles. The molecule has 0 radical (unpaired) electrons. The fraction of sp³-hybridized carbons (Fsp3) is 0.250. The van der Waals surface area contributed by atoms with Crippen molar-refractivity contribution in [2.45, 2.75) is 27.7 Å². The van der Waals surface area contributed by atoms with Gasteiger partial charge in [-0.15, -0.1) is 0 Å². The number of carboxylic acids is 1. The van der Waals surface area contributed by atoms with Crippen molar-refractivity contribution in [2.24, 2.45) is 0 Å². The molecule has 0 aliphatic carbocycles. The first kappa shape index (κ1) is 16.8. The summed E-state index contributed by atoms with van der Waals surface area (Å²) >= 11 is 0. The summed E-state index contributed by atoms with van der Waals surface area (Å²) in [7, 11) is 0. The summed E-state index contributed by atoms with van der Waals surface area (Å²) in [5.74, 6) is -0.228. The molecule has 0 saturated heterocycles. The van der Waals surface area contributed by atoms with Crippen molar-refractivity contribution >= 4 is 12.0 Å². The van der Waals surface area contributed by atoms with Crippen LogP contribution in [0, 0.1) is 13.8 Å². The molecule has 3 nitrogen and oxygen atoms in total. The summed E-state index contributed by atoms with van der Waals surface area (Å²) in [4.78, 5) is 10.5. The zero-order chi connectivity index (χ0) is 17.0. The topological polar surface area (TPSA) is 49.4 Å². The Morgan fingerprint density at radius 3 is 2.70 bits per heavy atom. The van der Waals surface area contributed by atoms with E-state index in [0.717, 1.165) is 34.1 Å². The second-order valence-corrected chi connectivity index (χ2v) is 5.87. The van der Waals surface area contributed by atoms with Gasteiger partial charge in [0.2, 0.25) is 0 Å². The third-order valence-electron chi connectivity index (χ3n) is 3.71. The number of aliphatic carboxylic acids is 1. The normalized spacial score (nSPS) is 15.2. The van der Waals surface area contributed by atoms with E-state index < -0.39 is 5.97 Å². The van der Waals surface area contributed by atoms with Crippen molar-refractivity contribution in [1.29, 1.82) is 0 Å². The molecule has 0 fully saturated rings. The van der Waals surface area contributed by atoms with Crippen LogP contribution in [0.1, 0.15) is 30.5 Å². The van der Waals surface area contributed by atoms with E-state index in [2.05, 4.69) is 32.1 Å². The van der Waals surface area contributed by atoms with E-state index in [0.29, 0.717) is 12.2 Å². The summed E-state index contributed by atoms with van der Waals surface area (Å²) in [6.45, 7) is 8.42. The molecular weight excluding hydrogens is 288 g/mol. The van der Waals surface area contributed by atoms with Gasteiger partial charge < -0.3 is 14.6 Å². The standard InChI is InChI=1S/C20H22O3/c1-13(10-19(21)22)6-5-7-15(3)18-11-17-9-14(2)8-16(4)20(17)23-12-18/h5-11H,12H2,1-4H3,(H,21,22)/p-1/b6-5+,13-10+,15-7+. The van der Waals surface area contributed by atoms with Gasteiger partial charge in [0.25, 0.3) is 0 Å². The minimum absolute atomic E-state index is 0.543. The number of rotatable bonds is 4. The average molecular weight is 309 g/mol. The molecule has 3 heteroatoms. The summed E-state index contributed by atoms with van der Waals surface area (Å²) in [6.07, 6.45) is 8.76. The highest BCUT2D eigenvalue weighted by molar-refractivity contribution is 5.79. The van der Waals surface area contributed by atoms with Gasteiger partial charge in [-0.05, 0) is 68.2 Å². The highest BCUT2D eigenvalue weighted by atomic mass is 16.5. The molecule has 1 aliphatic heterocycles. The van der Waals surface area contributed by atoms with Crippen molar-refractivity contribution in [3.8, 4) is 5.75 Å². The lowest BCUT2D eigenvalue weighted by molar-refractivity contribution is -0.297. The van der Waals surface area contributed by atoms with Gasteiger partial charge in [-0.25, -0.2) is 0 Å². The molecule has 0 unspecified atom stereocenters. The van der Waals surface area contributed by atoms with E-state index in [-0.39, 0.29) is 0 Å². The van der Waals surface area contributed by atoms with Gasteiger partial charge in [0, 0.05) is 5.56 Å². The SMILES string of the molecule is CC(/C=C/C=C(\C)C1=Cc2cc(C)cc(C)c2OC1)=C\C(=O)[O-]. The number of fused-ring (bicyclic) bond motifs is 1. The quantitative estimate of drug-likeness (QED) is 0.633. The van der Waals surface area contributed by atoms with Crippen LogP contribution in [-0.4, -0.2) is 12.6 Å². The first-order valence-corrected chi connectivity index (χ1v) is 7.56. The van der Waals surface area contributed by atoms with Gasteiger partial charge in [0.05, 0.1) is 5.97 Å². The lowest BCUT2D eigenvalue weighted by Gasteiger charge is -2.20. The zero-order valence-electron chi connectivity index (χ0n) is 14.0. The monoisotopic (exact) mass is 309 g/mol. The van der Waals surface area contributed by atoms with Crippen LogP contribution in [0.15, 0.2) is 53.2 Å². The third kappa shape index (κ3) is 4.46. The highest BCUT2D eigenvalue weighted by Crippen LogP contribution is 2.32. The molecule has 23 heavy (non-hydrogen) atoms. The molecule has 1 aromatic rings. The molecule has 2 rings (SSSR count). The molecule has 1 aliphatic rings. The predicted octanol–water partition coefficient (Wildman–Crippen LogP) is 3.28. The van der Waals surface area contributed by atoms with Crippen molar-refractivity contribution in [3.63, 3.8) is 0 Å². The van der Waals surface area contributed by atoms with Crippen molar-refractivity contribution in [3.05, 3.63) is 69.8 Å².